The van der Waals surface area contributed by atoms with Gasteiger partial charge in [-0.25, -0.2) is 9.37 Å². The Morgan fingerprint density at radius 1 is 1.09 bits per heavy atom. The van der Waals surface area contributed by atoms with Crippen molar-refractivity contribution in [1.82, 2.24) is 10.3 Å². The van der Waals surface area contributed by atoms with Gasteiger partial charge < -0.3 is 5.32 Å². The molecule has 0 aliphatic carbocycles. The number of aromatic nitrogens is 1. The molecule has 1 N–H and O–H groups in total. The van der Waals surface area contributed by atoms with Gasteiger partial charge in [0, 0.05) is 29.8 Å². The van der Waals surface area contributed by atoms with E-state index in [9.17, 15) is 8.78 Å². The maximum Gasteiger partial charge on any atom is 0.220 e. The van der Waals surface area contributed by atoms with Gasteiger partial charge in [-0.05, 0) is 48.6 Å². The predicted octanol–water partition coefficient (Wildman–Crippen LogP) is 4.06. The fourth-order valence-corrected chi connectivity index (χ4v) is 3.69. The van der Waals surface area contributed by atoms with Gasteiger partial charge in [0.1, 0.15) is 5.82 Å². The molecule has 0 radical (unpaired) electrons. The van der Waals surface area contributed by atoms with Crippen molar-refractivity contribution in [3.63, 3.8) is 0 Å². The first-order chi connectivity index (χ1) is 10.2. The zero-order valence-electron chi connectivity index (χ0n) is 11.9. The number of nitrogens with one attached hydrogen (secondary N) is 1. The van der Waals surface area contributed by atoms with E-state index in [0.29, 0.717) is 29.1 Å². The van der Waals surface area contributed by atoms with Gasteiger partial charge in [-0.2, -0.15) is 4.39 Å². The van der Waals surface area contributed by atoms with Crippen LogP contribution in [0.4, 0.5) is 8.78 Å². The molecule has 1 aromatic carbocycles. The molecule has 3 heterocycles. The summed E-state index contributed by atoms with van der Waals surface area (Å²) in [5.41, 5.74) is 2.20. The molecule has 4 rings (SSSR count). The Labute approximate surface area is 134 Å². The topological polar surface area (TPSA) is 24.9 Å². The highest BCUT2D eigenvalue weighted by molar-refractivity contribution is 5.85. The first-order valence-electron chi connectivity index (χ1n) is 7.38. The molecule has 2 saturated heterocycles. The molecule has 2 fully saturated rings. The normalized spacial score (nSPS) is 26.0. The van der Waals surface area contributed by atoms with Gasteiger partial charge in [0.2, 0.25) is 5.95 Å². The molecular weight excluding hydrogens is 306 g/mol. The molecule has 0 saturated carbocycles. The fraction of sp³-hybridized carbons (Fsp3) is 0.353. The average Bonchev–Trinajstić information content (AvgIpc) is 3.12. The molecular formula is C17H17ClF2N2. The van der Waals surface area contributed by atoms with E-state index < -0.39 is 5.95 Å². The van der Waals surface area contributed by atoms with Gasteiger partial charge >= 0.3 is 0 Å². The van der Waals surface area contributed by atoms with E-state index in [2.05, 4.69) is 10.3 Å². The molecule has 2 aliphatic heterocycles. The standard InChI is InChI=1S/C17H16F2N2.ClH/c18-12-3-1-10(2-4-12)15-7-11(9-20-17(15)19)14-8-13-5-6-16(14)21-13;/h1-4,7,9,13-14,16,21H,5-6,8H2;1H/t13-,14+,16+;/m0./s1. The van der Waals surface area contributed by atoms with Gasteiger partial charge in [0.25, 0.3) is 0 Å². The summed E-state index contributed by atoms with van der Waals surface area (Å²) in [4.78, 5) is 3.92. The van der Waals surface area contributed by atoms with Crippen LogP contribution in [0.2, 0.25) is 0 Å². The Kier molecular flexibility index (Phi) is 4.15. The highest BCUT2D eigenvalue weighted by Gasteiger charge is 2.39. The van der Waals surface area contributed by atoms with Gasteiger partial charge in [-0.1, -0.05) is 12.1 Å². The average molecular weight is 323 g/mol. The summed E-state index contributed by atoms with van der Waals surface area (Å²) in [5.74, 6) is -0.405. The monoisotopic (exact) mass is 322 g/mol. The third kappa shape index (κ3) is 2.61. The lowest BCUT2D eigenvalue weighted by atomic mass is 9.84. The third-order valence-electron chi connectivity index (χ3n) is 4.74. The molecule has 2 aliphatic rings. The number of fused-ring (bicyclic) bond motifs is 2. The van der Waals surface area contributed by atoms with Crippen molar-refractivity contribution in [2.24, 2.45) is 0 Å². The van der Waals surface area contributed by atoms with Crippen molar-refractivity contribution in [2.75, 3.05) is 0 Å². The second-order valence-electron chi connectivity index (χ2n) is 6.00. The van der Waals surface area contributed by atoms with Crippen molar-refractivity contribution >= 4 is 12.4 Å². The molecule has 0 amide bonds. The number of rotatable bonds is 2. The molecule has 22 heavy (non-hydrogen) atoms. The largest absolute Gasteiger partial charge is 0.311 e. The van der Waals surface area contributed by atoms with Crippen LogP contribution in [-0.4, -0.2) is 17.1 Å². The summed E-state index contributed by atoms with van der Waals surface area (Å²) in [6, 6.07) is 8.85. The summed E-state index contributed by atoms with van der Waals surface area (Å²) in [7, 11) is 0. The quantitative estimate of drug-likeness (QED) is 0.844. The van der Waals surface area contributed by atoms with E-state index in [1.165, 1.54) is 25.0 Å². The fourth-order valence-electron chi connectivity index (χ4n) is 3.69. The minimum atomic E-state index is -0.499. The molecule has 2 aromatic rings. The number of halogens is 3. The maximum atomic E-state index is 14.0. The van der Waals surface area contributed by atoms with Crippen LogP contribution in [0.1, 0.15) is 30.7 Å². The highest BCUT2D eigenvalue weighted by Crippen LogP contribution is 2.40. The lowest BCUT2D eigenvalue weighted by Crippen LogP contribution is -2.21. The van der Waals surface area contributed by atoms with E-state index in [1.54, 1.807) is 18.3 Å². The molecule has 1 aromatic heterocycles. The lowest BCUT2D eigenvalue weighted by Gasteiger charge is -2.20. The summed E-state index contributed by atoms with van der Waals surface area (Å²) < 4.78 is 27.0. The van der Waals surface area contributed by atoms with Crippen molar-refractivity contribution in [3.8, 4) is 11.1 Å². The van der Waals surface area contributed by atoms with Gasteiger partial charge in [-0.3, -0.25) is 0 Å². The minimum absolute atomic E-state index is 0. The van der Waals surface area contributed by atoms with Crippen LogP contribution in [0.25, 0.3) is 11.1 Å². The van der Waals surface area contributed by atoms with Crippen LogP contribution in [0.5, 0.6) is 0 Å². The van der Waals surface area contributed by atoms with E-state index in [4.69, 9.17) is 0 Å². The molecule has 5 heteroatoms. The zero-order chi connectivity index (χ0) is 14.4. The second-order valence-corrected chi connectivity index (χ2v) is 6.00. The molecule has 2 bridgehead atoms. The third-order valence-corrected chi connectivity index (χ3v) is 4.74. The molecule has 2 nitrogen and oxygen atoms in total. The van der Waals surface area contributed by atoms with Crippen LogP contribution < -0.4 is 5.32 Å². The molecule has 0 unspecified atom stereocenters. The van der Waals surface area contributed by atoms with Crippen molar-refractivity contribution in [1.29, 1.82) is 0 Å². The number of nitrogens with zero attached hydrogens (tertiary/aromatic N) is 1. The van der Waals surface area contributed by atoms with Crippen molar-refractivity contribution < 1.29 is 8.78 Å². The minimum Gasteiger partial charge on any atom is -0.311 e. The van der Waals surface area contributed by atoms with Gasteiger partial charge in [-0.15, -0.1) is 12.4 Å². The first kappa shape index (κ1) is 15.4. The number of benzene rings is 1. The van der Waals surface area contributed by atoms with Gasteiger partial charge in [0.05, 0.1) is 0 Å². The van der Waals surface area contributed by atoms with Crippen LogP contribution >= 0.6 is 12.4 Å². The zero-order valence-corrected chi connectivity index (χ0v) is 12.7. The van der Waals surface area contributed by atoms with E-state index in [0.717, 1.165) is 12.0 Å². The van der Waals surface area contributed by atoms with Crippen molar-refractivity contribution in [3.05, 3.63) is 53.9 Å². The Morgan fingerprint density at radius 3 is 2.50 bits per heavy atom. The van der Waals surface area contributed by atoms with Crippen molar-refractivity contribution in [2.45, 2.75) is 37.3 Å². The van der Waals surface area contributed by atoms with Crippen LogP contribution in [0.15, 0.2) is 36.5 Å². The Hall–Kier alpha value is -1.52. The van der Waals surface area contributed by atoms with Crippen LogP contribution in [0.3, 0.4) is 0 Å². The van der Waals surface area contributed by atoms with E-state index in [1.807, 2.05) is 6.07 Å². The Morgan fingerprint density at radius 2 is 1.86 bits per heavy atom. The summed E-state index contributed by atoms with van der Waals surface area (Å²) in [6.07, 6.45) is 5.16. The van der Waals surface area contributed by atoms with E-state index >= 15 is 0 Å². The molecule has 3 atom stereocenters. The molecule has 0 spiro atoms. The predicted molar refractivity (Wildman–Crippen MR) is 84.1 cm³/mol. The highest BCUT2D eigenvalue weighted by atomic mass is 35.5. The second kappa shape index (κ2) is 5.94. The Bertz CT molecular complexity index is 675. The van der Waals surface area contributed by atoms with E-state index in [-0.39, 0.29) is 18.2 Å². The van der Waals surface area contributed by atoms with Gasteiger partial charge in [0.15, 0.2) is 0 Å². The number of pyridine rings is 1. The number of hydrogen-bond donors (Lipinski definition) is 1. The maximum absolute atomic E-state index is 14.0. The lowest BCUT2D eigenvalue weighted by molar-refractivity contribution is 0.502. The summed E-state index contributed by atoms with van der Waals surface area (Å²) in [5, 5.41) is 3.59. The Balaban J connectivity index is 0.00000144. The first-order valence-corrected chi connectivity index (χ1v) is 7.38. The SMILES string of the molecule is Cl.Fc1ccc(-c2cc([C@H]3C[C@@H]4CC[C@H]3N4)cnc2F)cc1. The summed E-state index contributed by atoms with van der Waals surface area (Å²) >= 11 is 0. The summed E-state index contributed by atoms with van der Waals surface area (Å²) in [6.45, 7) is 0. The molecule has 116 valence electrons. The van der Waals surface area contributed by atoms with Crippen LogP contribution in [0, 0.1) is 11.8 Å². The smallest absolute Gasteiger partial charge is 0.220 e. The van der Waals surface area contributed by atoms with Crippen LogP contribution in [-0.2, 0) is 0 Å². The number of hydrogen-bond acceptors (Lipinski definition) is 2.